The molecule has 168 valence electrons. The Bertz CT molecular complexity index is 1510. The molecule has 2 aromatic carbocycles. The van der Waals surface area contributed by atoms with Gasteiger partial charge < -0.3 is 14.8 Å². The van der Waals surface area contributed by atoms with Crippen molar-refractivity contribution in [2.45, 2.75) is 0 Å². The second kappa shape index (κ2) is 9.00. The van der Waals surface area contributed by atoms with Crippen molar-refractivity contribution in [3.05, 3.63) is 77.0 Å². The molecule has 0 saturated carbocycles. The topological polar surface area (TPSA) is 152 Å². The fraction of sp³-hybridized carbons (Fsp3) is 0. The lowest BCUT2D eigenvalue weighted by Crippen LogP contribution is -2.03. The van der Waals surface area contributed by atoms with E-state index in [1.165, 1.54) is 18.3 Å². The predicted molar refractivity (Wildman–Crippen MR) is 124 cm³/mol. The van der Waals surface area contributed by atoms with Crippen molar-refractivity contribution in [2.24, 2.45) is 5.10 Å². The monoisotopic (exact) mass is 475 g/mol. The number of nitrogens with zero attached hydrogens (tertiary/aromatic N) is 5. The van der Waals surface area contributed by atoms with Gasteiger partial charge in [-0.15, -0.1) is 0 Å². The molecule has 5 rings (SSSR count). The van der Waals surface area contributed by atoms with E-state index >= 15 is 0 Å². The van der Waals surface area contributed by atoms with Crippen molar-refractivity contribution >= 4 is 52.4 Å². The fourth-order valence-corrected chi connectivity index (χ4v) is 3.24. The SMILES string of the molecule is O=C(O)c1cc(-c2ccc(/C=N/Nc3nc4nonc4nc3Nc3ccccc3)o2)ccc1Cl. The molecule has 0 saturated heterocycles. The van der Waals surface area contributed by atoms with E-state index in [9.17, 15) is 9.90 Å². The summed E-state index contributed by atoms with van der Waals surface area (Å²) < 4.78 is 10.4. The third-order valence-electron chi connectivity index (χ3n) is 4.62. The van der Waals surface area contributed by atoms with Crippen LogP contribution in [0.2, 0.25) is 5.02 Å². The number of carbonyl (C=O) groups is 1. The molecule has 0 amide bonds. The van der Waals surface area contributed by atoms with Crippen LogP contribution < -0.4 is 10.7 Å². The van der Waals surface area contributed by atoms with Crippen molar-refractivity contribution in [3.63, 3.8) is 0 Å². The van der Waals surface area contributed by atoms with Crippen molar-refractivity contribution < 1.29 is 18.9 Å². The summed E-state index contributed by atoms with van der Waals surface area (Å²) in [6.45, 7) is 0. The number of fused-ring (bicyclic) bond motifs is 1. The molecule has 3 aromatic heterocycles. The molecule has 0 radical (unpaired) electrons. The van der Waals surface area contributed by atoms with Gasteiger partial charge in [0.15, 0.2) is 11.6 Å². The van der Waals surface area contributed by atoms with Gasteiger partial charge in [-0.2, -0.15) is 10.1 Å². The third-order valence-corrected chi connectivity index (χ3v) is 4.95. The Kier molecular flexibility index (Phi) is 5.58. The minimum absolute atomic E-state index is 0.0118. The summed E-state index contributed by atoms with van der Waals surface area (Å²) in [6, 6.07) is 17.4. The van der Waals surface area contributed by atoms with E-state index in [0.717, 1.165) is 5.69 Å². The van der Waals surface area contributed by atoms with Crippen LogP contribution >= 0.6 is 11.6 Å². The number of halogens is 1. The number of nitrogens with one attached hydrogen (secondary N) is 2. The first-order valence-corrected chi connectivity index (χ1v) is 10.2. The Balaban J connectivity index is 1.37. The summed E-state index contributed by atoms with van der Waals surface area (Å²) in [5.74, 6) is 0.420. The molecule has 3 N–H and O–H groups in total. The number of rotatable bonds is 7. The van der Waals surface area contributed by atoms with E-state index in [4.69, 9.17) is 20.6 Å². The largest absolute Gasteiger partial charge is 0.478 e. The first-order valence-electron chi connectivity index (χ1n) is 9.81. The molecule has 34 heavy (non-hydrogen) atoms. The Morgan fingerprint density at radius 1 is 1.00 bits per heavy atom. The molecule has 0 unspecified atom stereocenters. The first-order chi connectivity index (χ1) is 16.6. The molecule has 11 nitrogen and oxygen atoms in total. The minimum Gasteiger partial charge on any atom is -0.478 e. The number of benzene rings is 2. The van der Waals surface area contributed by atoms with Crippen LogP contribution in [-0.4, -0.2) is 37.6 Å². The number of para-hydroxylation sites is 1. The third kappa shape index (κ3) is 4.40. The average molecular weight is 476 g/mol. The number of anilines is 3. The van der Waals surface area contributed by atoms with Crippen molar-refractivity contribution in [2.75, 3.05) is 10.7 Å². The number of hydrazone groups is 1. The Morgan fingerprint density at radius 3 is 2.53 bits per heavy atom. The number of aromatic carboxylic acids is 1. The predicted octanol–water partition coefficient (Wildman–Crippen LogP) is 4.81. The molecule has 12 heteroatoms. The zero-order valence-electron chi connectivity index (χ0n) is 17.1. The number of aromatic nitrogens is 4. The minimum atomic E-state index is -1.12. The number of carboxylic acid groups (broad SMARTS) is 1. The molecule has 0 aliphatic rings. The van der Waals surface area contributed by atoms with Crippen molar-refractivity contribution in [1.82, 2.24) is 20.3 Å². The van der Waals surface area contributed by atoms with Gasteiger partial charge in [-0.3, -0.25) is 5.43 Å². The molecule has 0 atom stereocenters. The van der Waals surface area contributed by atoms with E-state index < -0.39 is 5.97 Å². The summed E-state index contributed by atoms with van der Waals surface area (Å²) in [4.78, 5) is 20.0. The normalized spacial score (nSPS) is 11.2. The molecule has 0 aliphatic carbocycles. The quantitative estimate of drug-likeness (QED) is 0.221. The smallest absolute Gasteiger partial charge is 0.337 e. The highest BCUT2D eigenvalue weighted by atomic mass is 35.5. The Hall–Kier alpha value is -4.77. The zero-order chi connectivity index (χ0) is 23.5. The van der Waals surface area contributed by atoms with Crippen molar-refractivity contribution in [1.29, 1.82) is 0 Å². The van der Waals surface area contributed by atoms with E-state index in [-0.39, 0.29) is 21.9 Å². The van der Waals surface area contributed by atoms with Crippen LogP contribution in [0.25, 0.3) is 22.6 Å². The molecular weight excluding hydrogens is 462 g/mol. The van der Waals surface area contributed by atoms with Crippen molar-refractivity contribution in [3.8, 4) is 11.3 Å². The zero-order valence-corrected chi connectivity index (χ0v) is 17.9. The summed E-state index contributed by atoms with van der Waals surface area (Å²) in [5, 5.41) is 24.1. The second-order valence-electron chi connectivity index (χ2n) is 6.90. The second-order valence-corrected chi connectivity index (χ2v) is 7.30. The highest BCUT2D eigenvalue weighted by Crippen LogP contribution is 2.27. The highest BCUT2D eigenvalue weighted by Gasteiger charge is 2.14. The molecule has 0 aliphatic heterocycles. The molecule has 0 bridgehead atoms. The summed E-state index contributed by atoms with van der Waals surface area (Å²) >= 11 is 5.93. The number of hydrogen-bond donors (Lipinski definition) is 3. The Morgan fingerprint density at radius 2 is 1.76 bits per heavy atom. The van der Waals surface area contributed by atoms with Gasteiger partial charge in [0.25, 0.3) is 0 Å². The summed E-state index contributed by atoms with van der Waals surface area (Å²) in [5.41, 5.74) is 4.62. The van der Waals surface area contributed by atoms with Crippen LogP contribution in [0, 0.1) is 0 Å². The Labute approximate surface area is 196 Å². The molecule has 0 spiro atoms. The lowest BCUT2D eigenvalue weighted by Gasteiger charge is -2.08. The standard InChI is InChI=1S/C22H14ClN7O4/c23-16-8-6-12(10-15(16)22(31)32)17-9-7-14(33-17)11-24-28-19-18(25-13-4-2-1-3-5-13)26-20-21(27-19)30-34-29-20/h1-11H,(H,31,32)(H,25,26,29)(H,27,28,30)/b24-11+. The van der Waals surface area contributed by atoms with E-state index in [1.807, 2.05) is 30.3 Å². The van der Waals surface area contributed by atoms with E-state index in [1.54, 1.807) is 18.2 Å². The van der Waals surface area contributed by atoms with Gasteiger partial charge in [0.2, 0.25) is 11.3 Å². The molecule has 0 fully saturated rings. The number of hydrogen-bond acceptors (Lipinski definition) is 10. The maximum absolute atomic E-state index is 11.3. The van der Waals surface area contributed by atoms with E-state index in [0.29, 0.717) is 28.7 Å². The van der Waals surface area contributed by atoms with Gasteiger partial charge in [-0.1, -0.05) is 29.8 Å². The van der Waals surface area contributed by atoms with E-state index in [2.05, 4.69) is 36.1 Å². The first kappa shape index (κ1) is 21.1. The molecular formula is C22H14ClN7O4. The van der Waals surface area contributed by atoms with Crippen LogP contribution in [0.4, 0.5) is 17.3 Å². The number of furan rings is 1. The average Bonchev–Trinajstić information content (AvgIpc) is 3.49. The lowest BCUT2D eigenvalue weighted by atomic mass is 10.1. The van der Waals surface area contributed by atoms with Crippen LogP contribution in [0.5, 0.6) is 0 Å². The fourth-order valence-electron chi connectivity index (χ4n) is 3.04. The van der Waals surface area contributed by atoms with Crippen LogP contribution in [-0.2, 0) is 0 Å². The maximum atomic E-state index is 11.3. The number of carboxylic acids is 1. The van der Waals surface area contributed by atoms with Gasteiger partial charge in [0.1, 0.15) is 11.5 Å². The summed E-state index contributed by atoms with van der Waals surface area (Å²) in [6.07, 6.45) is 1.44. The van der Waals surface area contributed by atoms with Gasteiger partial charge in [-0.05, 0) is 52.8 Å². The lowest BCUT2D eigenvalue weighted by molar-refractivity contribution is 0.0697. The summed E-state index contributed by atoms with van der Waals surface area (Å²) in [7, 11) is 0. The van der Waals surface area contributed by atoms with Gasteiger partial charge >= 0.3 is 5.97 Å². The highest BCUT2D eigenvalue weighted by molar-refractivity contribution is 6.33. The van der Waals surface area contributed by atoms with Gasteiger partial charge in [-0.25, -0.2) is 14.4 Å². The molecule has 3 heterocycles. The van der Waals surface area contributed by atoms with Gasteiger partial charge in [0, 0.05) is 11.3 Å². The maximum Gasteiger partial charge on any atom is 0.337 e. The van der Waals surface area contributed by atoms with Crippen LogP contribution in [0.1, 0.15) is 16.1 Å². The van der Waals surface area contributed by atoms with Gasteiger partial charge in [0.05, 0.1) is 16.8 Å². The van der Waals surface area contributed by atoms with Crippen LogP contribution in [0.15, 0.2) is 74.8 Å². The molecule has 5 aromatic rings. The van der Waals surface area contributed by atoms with Crippen LogP contribution in [0.3, 0.4) is 0 Å².